The van der Waals surface area contributed by atoms with Crippen LogP contribution in [-0.2, 0) is 17.8 Å². The zero-order valence-electron chi connectivity index (χ0n) is 16.3. The molecular formula is C20H33IN4OS. The van der Waals surface area contributed by atoms with Crippen molar-refractivity contribution in [2.45, 2.75) is 58.4 Å². The van der Waals surface area contributed by atoms with Crippen LogP contribution in [0.15, 0.2) is 16.4 Å². The Morgan fingerprint density at radius 2 is 2.15 bits per heavy atom. The Hall–Kier alpha value is -0.830. The van der Waals surface area contributed by atoms with Crippen LogP contribution < -0.4 is 10.6 Å². The van der Waals surface area contributed by atoms with Crippen LogP contribution in [0.5, 0.6) is 0 Å². The van der Waals surface area contributed by atoms with Gasteiger partial charge in [-0.15, -0.1) is 35.3 Å². The fourth-order valence-electron chi connectivity index (χ4n) is 3.95. The lowest BCUT2D eigenvalue weighted by Gasteiger charge is -2.26. The van der Waals surface area contributed by atoms with E-state index in [1.807, 2.05) is 4.90 Å². The Kier molecular flexibility index (Phi) is 9.89. The summed E-state index contributed by atoms with van der Waals surface area (Å²) in [6, 6.07) is 2.14. The first-order valence-corrected chi connectivity index (χ1v) is 11.0. The summed E-state index contributed by atoms with van der Waals surface area (Å²) >= 11 is 1.80. The maximum Gasteiger partial charge on any atom is 0.244 e. The van der Waals surface area contributed by atoms with Crippen LogP contribution in [0.25, 0.3) is 0 Å². The first-order valence-electron chi connectivity index (χ1n) is 10.1. The van der Waals surface area contributed by atoms with Crippen molar-refractivity contribution in [1.82, 2.24) is 15.5 Å². The average molecular weight is 504 g/mol. The molecule has 0 saturated heterocycles. The van der Waals surface area contributed by atoms with Crippen LogP contribution in [0.2, 0.25) is 0 Å². The maximum absolute atomic E-state index is 12.5. The van der Waals surface area contributed by atoms with Crippen LogP contribution >= 0.6 is 35.3 Å². The van der Waals surface area contributed by atoms with Crippen LogP contribution in [-0.4, -0.2) is 42.9 Å². The standard InChI is InChI=1S/C20H32N4OS.HI/c1-2-21-20(22-11-5-8-16-6-3-4-7-16)23-14-19(25)24-12-9-18-17(15-24)10-13-26-18;/h10,13,16H,2-9,11-12,14-15H2,1H3,(H2,21,22,23);1H. The number of guanidine groups is 1. The van der Waals surface area contributed by atoms with Crippen LogP contribution in [0.3, 0.4) is 0 Å². The van der Waals surface area contributed by atoms with Crippen molar-refractivity contribution in [2.24, 2.45) is 10.9 Å². The summed E-state index contributed by atoms with van der Waals surface area (Å²) in [4.78, 5) is 20.4. The first-order chi connectivity index (χ1) is 12.8. The van der Waals surface area contributed by atoms with E-state index in [1.54, 1.807) is 11.3 Å². The third-order valence-electron chi connectivity index (χ3n) is 5.43. The van der Waals surface area contributed by atoms with E-state index in [0.29, 0.717) is 0 Å². The summed E-state index contributed by atoms with van der Waals surface area (Å²) in [5.74, 6) is 1.81. The van der Waals surface area contributed by atoms with Crippen molar-refractivity contribution in [3.8, 4) is 0 Å². The van der Waals surface area contributed by atoms with E-state index >= 15 is 0 Å². The number of carbonyl (C=O) groups is 1. The number of amides is 1. The fraction of sp³-hybridized carbons (Fsp3) is 0.700. The molecule has 7 heteroatoms. The molecule has 3 rings (SSSR count). The molecule has 1 aromatic rings. The summed E-state index contributed by atoms with van der Waals surface area (Å²) in [6.07, 6.45) is 9.09. The highest BCUT2D eigenvalue weighted by atomic mass is 127. The van der Waals surface area contributed by atoms with Crippen molar-refractivity contribution in [3.63, 3.8) is 0 Å². The van der Waals surface area contributed by atoms with Crippen molar-refractivity contribution in [1.29, 1.82) is 0 Å². The van der Waals surface area contributed by atoms with E-state index in [0.717, 1.165) is 44.5 Å². The van der Waals surface area contributed by atoms with Gasteiger partial charge < -0.3 is 15.5 Å². The monoisotopic (exact) mass is 504 g/mol. The second kappa shape index (κ2) is 11.9. The SMILES string of the molecule is CCNC(=NCC(=O)N1CCc2sccc2C1)NCCCC1CCCC1.I. The lowest BCUT2D eigenvalue weighted by atomic mass is 10.0. The van der Waals surface area contributed by atoms with Crippen LogP contribution in [0.4, 0.5) is 0 Å². The van der Waals surface area contributed by atoms with Gasteiger partial charge in [-0.25, -0.2) is 4.99 Å². The average Bonchev–Trinajstić information content (AvgIpc) is 3.33. The zero-order valence-corrected chi connectivity index (χ0v) is 19.5. The topological polar surface area (TPSA) is 56.7 Å². The highest BCUT2D eigenvalue weighted by Crippen LogP contribution is 2.28. The second-order valence-electron chi connectivity index (χ2n) is 7.35. The Balaban J connectivity index is 0.00000261. The normalized spacial score (nSPS) is 17.4. The number of halogens is 1. The van der Waals surface area contributed by atoms with Crippen molar-refractivity contribution >= 4 is 47.2 Å². The number of nitrogens with zero attached hydrogens (tertiary/aromatic N) is 2. The predicted octanol–water partition coefficient (Wildman–Crippen LogP) is 3.78. The van der Waals surface area contributed by atoms with Gasteiger partial charge in [0.2, 0.25) is 5.91 Å². The summed E-state index contributed by atoms with van der Waals surface area (Å²) < 4.78 is 0. The molecule has 0 unspecified atom stereocenters. The number of nitrogens with one attached hydrogen (secondary N) is 2. The number of carbonyl (C=O) groups excluding carboxylic acids is 1. The van der Waals surface area contributed by atoms with E-state index in [-0.39, 0.29) is 36.4 Å². The first kappa shape index (κ1) is 22.5. The van der Waals surface area contributed by atoms with Gasteiger partial charge in [0.1, 0.15) is 6.54 Å². The van der Waals surface area contributed by atoms with Crippen LogP contribution in [0.1, 0.15) is 55.9 Å². The zero-order chi connectivity index (χ0) is 18.2. The molecule has 5 nitrogen and oxygen atoms in total. The lowest BCUT2D eigenvalue weighted by molar-refractivity contribution is -0.130. The molecule has 1 saturated carbocycles. The van der Waals surface area contributed by atoms with Gasteiger partial charge in [-0.3, -0.25) is 4.79 Å². The van der Waals surface area contributed by atoms with E-state index in [2.05, 4.69) is 34.0 Å². The van der Waals surface area contributed by atoms with Crippen LogP contribution in [0, 0.1) is 5.92 Å². The molecule has 0 bridgehead atoms. The molecule has 0 aromatic carbocycles. The summed E-state index contributed by atoms with van der Waals surface area (Å²) in [5, 5.41) is 8.76. The van der Waals surface area contributed by atoms with Gasteiger partial charge in [0.15, 0.2) is 5.96 Å². The Bertz CT molecular complexity index is 613. The molecule has 1 aromatic heterocycles. The molecule has 0 spiro atoms. The molecule has 2 aliphatic rings. The smallest absolute Gasteiger partial charge is 0.244 e. The molecule has 1 aliphatic heterocycles. The highest BCUT2D eigenvalue weighted by molar-refractivity contribution is 14.0. The molecule has 1 fully saturated rings. The number of hydrogen-bond acceptors (Lipinski definition) is 3. The number of thiophene rings is 1. The second-order valence-corrected chi connectivity index (χ2v) is 8.35. The summed E-state index contributed by atoms with van der Waals surface area (Å²) in [7, 11) is 0. The third-order valence-corrected chi connectivity index (χ3v) is 6.46. The number of aliphatic imine (C=N–C) groups is 1. The summed E-state index contributed by atoms with van der Waals surface area (Å²) in [6.45, 7) is 5.56. The largest absolute Gasteiger partial charge is 0.357 e. The Morgan fingerprint density at radius 3 is 2.93 bits per heavy atom. The van der Waals surface area contributed by atoms with E-state index in [4.69, 9.17) is 0 Å². The van der Waals surface area contributed by atoms with Crippen molar-refractivity contribution in [3.05, 3.63) is 21.9 Å². The molecule has 0 radical (unpaired) electrons. The number of fused-ring (bicyclic) bond motifs is 1. The predicted molar refractivity (Wildman–Crippen MR) is 124 cm³/mol. The molecule has 2 heterocycles. The van der Waals surface area contributed by atoms with Crippen molar-refractivity contribution in [2.75, 3.05) is 26.2 Å². The Labute approximate surface area is 184 Å². The van der Waals surface area contributed by atoms with Gasteiger partial charge in [-0.1, -0.05) is 25.7 Å². The number of rotatable bonds is 7. The van der Waals surface area contributed by atoms with Gasteiger partial charge in [0.05, 0.1) is 0 Å². The van der Waals surface area contributed by atoms with E-state index in [9.17, 15) is 4.79 Å². The maximum atomic E-state index is 12.5. The van der Waals surface area contributed by atoms with Gasteiger partial charge in [0, 0.05) is 31.1 Å². The Morgan fingerprint density at radius 1 is 1.33 bits per heavy atom. The van der Waals surface area contributed by atoms with E-state index < -0.39 is 0 Å². The molecule has 1 amide bonds. The minimum atomic E-state index is 0. The lowest BCUT2D eigenvalue weighted by Crippen LogP contribution is -2.40. The molecule has 2 N–H and O–H groups in total. The summed E-state index contributed by atoms with van der Waals surface area (Å²) in [5.41, 5.74) is 1.30. The third kappa shape index (κ3) is 6.93. The minimum absolute atomic E-state index is 0. The molecular weight excluding hydrogens is 471 g/mol. The molecule has 152 valence electrons. The van der Waals surface area contributed by atoms with Crippen molar-refractivity contribution < 1.29 is 4.79 Å². The quantitative estimate of drug-likeness (QED) is 0.257. The van der Waals surface area contributed by atoms with Gasteiger partial charge in [-0.05, 0) is 49.1 Å². The van der Waals surface area contributed by atoms with Gasteiger partial charge in [0.25, 0.3) is 0 Å². The molecule has 1 aliphatic carbocycles. The fourth-order valence-corrected chi connectivity index (χ4v) is 4.84. The van der Waals surface area contributed by atoms with E-state index in [1.165, 1.54) is 49.0 Å². The number of hydrogen-bond donors (Lipinski definition) is 2. The van der Waals surface area contributed by atoms with Gasteiger partial charge >= 0.3 is 0 Å². The minimum Gasteiger partial charge on any atom is -0.357 e. The highest BCUT2D eigenvalue weighted by Gasteiger charge is 2.21. The molecule has 0 atom stereocenters. The molecule has 27 heavy (non-hydrogen) atoms. The van der Waals surface area contributed by atoms with Gasteiger partial charge in [-0.2, -0.15) is 0 Å².